The number of aliphatic hydroxyl groups is 1. The molecule has 584 valence electrons. The second-order valence-electron chi connectivity index (χ2n) is 23.5. The molecule has 25 atom stereocenters. The van der Waals surface area contributed by atoms with E-state index in [1.54, 1.807) is 0 Å². The fourth-order valence-corrected chi connectivity index (χ4v) is 11.3. The molecule has 0 aromatic carbocycles. The molecule has 0 aliphatic carbocycles. The highest BCUT2D eigenvalue weighted by atomic mass is 16.8. The van der Waals surface area contributed by atoms with Gasteiger partial charge in [0, 0.05) is 111 Å². The third-order valence-corrected chi connectivity index (χ3v) is 14.7. The molecule has 5 aliphatic heterocycles. The maximum absolute atomic E-state index is 13.6. The van der Waals surface area contributed by atoms with E-state index in [4.69, 9.17) is 118 Å². The summed E-state index contributed by atoms with van der Waals surface area (Å²) in [5, 5.41) is 11.1. The van der Waals surface area contributed by atoms with Crippen molar-refractivity contribution in [3.8, 4) is 0 Å². The zero-order valence-electron chi connectivity index (χ0n) is 59.2. The van der Waals surface area contributed by atoms with E-state index in [0.29, 0.717) is 0 Å². The molecule has 5 fully saturated rings. The van der Waals surface area contributed by atoms with Crippen LogP contribution >= 0.6 is 0 Å². The Bertz CT molecular complexity index is 3110. The van der Waals surface area contributed by atoms with Gasteiger partial charge in [-0.15, -0.1) is 0 Å². The number of ether oxygens (including phenoxy) is 25. The Kier molecular flexibility index (Phi) is 32.4. The second kappa shape index (κ2) is 39.3. The third kappa shape index (κ3) is 25.5. The lowest BCUT2D eigenvalue weighted by Gasteiger charge is -2.51. The third-order valence-electron chi connectivity index (χ3n) is 14.7. The van der Waals surface area contributed by atoms with Crippen LogP contribution < -0.4 is 0 Å². The van der Waals surface area contributed by atoms with Crippen LogP contribution in [-0.2, 0) is 195 Å². The normalized spacial score (nSPS) is 33.0. The topological polar surface area (TPSA) is 524 Å². The highest BCUT2D eigenvalue weighted by molar-refractivity contribution is 5.72. The minimum atomic E-state index is -2.33. The van der Waals surface area contributed by atoms with Crippen LogP contribution in [0, 0.1) is 0 Å². The average molecular weight is 1500 g/mol. The molecule has 0 amide bonds. The molecule has 0 saturated carbocycles. The zero-order chi connectivity index (χ0) is 77.9. The Morgan fingerprint density at radius 3 is 0.558 bits per heavy atom. The summed E-state index contributed by atoms with van der Waals surface area (Å²) in [5.41, 5.74) is 0. The van der Waals surface area contributed by atoms with Gasteiger partial charge in [0.15, 0.2) is 98.6 Å². The van der Waals surface area contributed by atoms with Gasteiger partial charge in [-0.2, -0.15) is 0 Å². The minimum absolute atomic E-state index is 0.787. The molecule has 42 nitrogen and oxygen atoms in total. The first-order valence-corrected chi connectivity index (χ1v) is 31.8. The first-order valence-electron chi connectivity index (χ1n) is 31.8. The molecule has 42 heteroatoms. The van der Waals surface area contributed by atoms with Crippen LogP contribution in [0.15, 0.2) is 0 Å². The number of hydrogen-bond donors (Lipinski definition) is 1. The molecule has 0 aromatic heterocycles. The molecule has 5 heterocycles. The zero-order valence-corrected chi connectivity index (χ0v) is 59.2. The van der Waals surface area contributed by atoms with E-state index in [1.165, 1.54) is 0 Å². The highest BCUT2D eigenvalue weighted by Gasteiger charge is 2.63. The Balaban J connectivity index is 1.73. The van der Waals surface area contributed by atoms with Crippen LogP contribution in [0.2, 0.25) is 0 Å². The van der Waals surface area contributed by atoms with Crippen molar-refractivity contribution >= 4 is 95.5 Å². The van der Waals surface area contributed by atoms with Crippen molar-refractivity contribution in [2.45, 2.75) is 264 Å². The number of esters is 16. The van der Waals surface area contributed by atoms with Gasteiger partial charge in [0.25, 0.3) is 0 Å². The first kappa shape index (κ1) is 85.8. The van der Waals surface area contributed by atoms with Gasteiger partial charge in [-0.3, -0.25) is 76.7 Å². The average Bonchev–Trinajstić information content (AvgIpc) is 0.763. The smallest absolute Gasteiger partial charge is 0.303 e. The molecule has 2 unspecified atom stereocenters. The van der Waals surface area contributed by atoms with Crippen molar-refractivity contribution in [2.75, 3.05) is 33.0 Å². The molecule has 5 saturated heterocycles. The van der Waals surface area contributed by atoms with Crippen molar-refractivity contribution in [2.24, 2.45) is 0 Å². The Hall–Kier alpha value is -8.88. The van der Waals surface area contributed by atoms with Gasteiger partial charge in [0.2, 0.25) is 0 Å². The molecule has 0 radical (unpaired) electrons. The predicted molar refractivity (Wildman–Crippen MR) is 319 cm³/mol. The van der Waals surface area contributed by atoms with E-state index in [1.807, 2.05) is 0 Å². The lowest BCUT2D eigenvalue weighted by Crippen LogP contribution is -2.70. The number of rotatable bonds is 29. The maximum Gasteiger partial charge on any atom is 0.303 e. The summed E-state index contributed by atoms with van der Waals surface area (Å²) in [6.45, 7) is 9.94. The predicted octanol–water partition coefficient (Wildman–Crippen LogP) is -2.79. The van der Waals surface area contributed by atoms with Crippen LogP contribution in [0.25, 0.3) is 0 Å². The van der Waals surface area contributed by atoms with E-state index < -0.39 is 282 Å². The lowest BCUT2D eigenvalue weighted by molar-refractivity contribution is -0.393. The van der Waals surface area contributed by atoms with Crippen LogP contribution in [-0.4, -0.2) is 287 Å². The summed E-state index contributed by atoms with van der Waals surface area (Å²) >= 11 is 0. The first-order chi connectivity index (χ1) is 48.6. The fraction of sp³-hybridized carbons (Fsp3) is 0.742. The Morgan fingerprint density at radius 1 is 0.202 bits per heavy atom. The van der Waals surface area contributed by atoms with E-state index >= 15 is 0 Å². The molecule has 5 rings (SSSR count). The van der Waals surface area contributed by atoms with Gasteiger partial charge in [-0.1, -0.05) is 0 Å². The van der Waals surface area contributed by atoms with Gasteiger partial charge < -0.3 is 124 Å². The van der Waals surface area contributed by atoms with Crippen molar-refractivity contribution in [1.82, 2.24) is 0 Å². The molecule has 0 spiro atoms. The molecular formula is C62H84O42. The van der Waals surface area contributed by atoms with E-state index in [-0.39, 0.29) is 0 Å². The molecular weight excluding hydrogens is 1420 g/mol. The monoisotopic (exact) mass is 1500 g/mol. The van der Waals surface area contributed by atoms with E-state index in [9.17, 15) is 81.8 Å². The van der Waals surface area contributed by atoms with Crippen molar-refractivity contribution < 1.29 is 200 Å². The van der Waals surface area contributed by atoms with Crippen molar-refractivity contribution in [3.63, 3.8) is 0 Å². The summed E-state index contributed by atoms with van der Waals surface area (Å²) in [7, 11) is 0. The molecule has 0 bridgehead atoms. The Labute approximate surface area is 591 Å². The largest absolute Gasteiger partial charge is 0.463 e. The molecule has 1 N–H and O–H groups in total. The quantitative estimate of drug-likeness (QED) is 0.0584. The van der Waals surface area contributed by atoms with Gasteiger partial charge >= 0.3 is 95.5 Å². The number of aliphatic hydroxyl groups excluding tert-OH is 1. The van der Waals surface area contributed by atoms with Crippen LogP contribution in [0.3, 0.4) is 0 Å². The summed E-state index contributed by atoms with van der Waals surface area (Å²) in [4.78, 5) is 207. The second-order valence-corrected chi connectivity index (χ2v) is 23.5. The van der Waals surface area contributed by atoms with Crippen LogP contribution in [0.4, 0.5) is 0 Å². The Morgan fingerprint density at radius 2 is 0.356 bits per heavy atom. The number of hydrogen-bond acceptors (Lipinski definition) is 42. The van der Waals surface area contributed by atoms with Gasteiger partial charge in [-0.05, 0) is 0 Å². The summed E-state index contributed by atoms with van der Waals surface area (Å²) < 4.78 is 146. The summed E-state index contributed by atoms with van der Waals surface area (Å²) in [6.07, 6.45) is -51.3. The van der Waals surface area contributed by atoms with E-state index in [2.05, 4.69) is 0 Å². The molecule has 0 aromatic rings. The SMILES string of the molecule is CC(=O)OC[C@H]1OC(O)[C@H](OC(C)=O)[C@@H](OC(C)=O)C1O[C@@H]1O[C@H](COC(C)=O)[C@@H](O[C@@H]2O[C@H](COC(C)=O)[C@@H](O[C@@H]3O[C@H](COC(C)=O)[C@@H](O[C@@H]4O[C@H](COC(C)=O)[C@@H](OC(C)=O)[C@@H](OC(C)=O)[C@H]4OC(C)=O)[C@H](OC(C)=O)[C@H]3OC(C)=O)[C@H](OC(C)=O)[C@H]2OC(C)=O)[C@H](OC(C)=O)[C@H]1OC(C)=O. The summed E-state index contributed by atoms with van der Waals surface area (Å²) in [5.74, 6) is -17.5. The number of carbonyl (C=O) groups is 16. The minimum Gasteiger partial charge on any atom is -0.463 e. The lowest BCUT2D eigenvalue weighted by atomic mass is 9.94. The standard InChI is InChI=1S/C62H84O42/c1-22(63)80-17-38-44(48(86-28(7)69)53(58(79)96-38)91-33(12)74)101-60-55(93-35(14)76)50(88-30(9)71)46(40(98-60)19-82-24(3)65)103-62-57(95-37(16)78)52(90-32(11)73)47(42(100-62)21-84-26(5)67)104-61-56(94-36(15)77)51(89-31(10)72)45(41(99-61)20-83-25(4)66)102-59-54(92-34(13)75)49(87-29(8)70)43(85-27(6)68)39(97-59)18-81-23(2)64/h38-62,79H,17-21H2,1-16H3/t38-,39-,40-,41-,42-,43-,44?,45-,46-,47-,48+,49-,50+,51+,52+,53-,54-,55-,56-,57-,58?,59+,60+,61+,62+/m1/s1. The van der Waals surface area contributed by atoms with Crippen molar-refractivity contribution in [1.29, 1.82) is 0 Å². The van der Waals surface area contributed by atoms with E-state index in [0.717, 1.165) is 111 Å². The van der Waals surface area contributed by atoms with Gasteiger partial charge in [0.1, 0.15) is 88.0 Å². The number of carbonyl (C=O) groups excluding carboxylic acids is 16. The van der Waals surface area contributed by atoms with Crippen LogP contribution in [0.5, 0.6) is 0 Å². The van der Waals surface area contributed by atoms with Crippen molar-refractivity contribution in [3.05, 3.63) is 0 Å². The molecule has 5 aliphatic rings. The van der Waals surface area contributed by atoms with Gasteiger partial charge in [-0.25, -0.2) is 0 Å². The highest BCUT2D eigenvalue weighted by Crippen LogP contribution is 2.41. The van der Waals surface area contributed by atoms with Gasteiger partial charge in [0.05, 0.1) is 0 Å². The van der Waals surface area contributed by atoms with Crippen LogP contribution in [0.1, 0.15) is 111 Å². The maximum atomic E-state index is 13.6. The fourth-order valence-electron chi connectivity index (χ4n) is 11.3. The summed E-state index contributed by atoms with van der Waals surface area (Å²) in [6, 6.07) is 0. The molecule has 104 heavy (non-hydrogen) atoms.